The smallest absolute Gasteiger partial charge is 0.271 e. The van der Waals surface area contributed by atoms with E-state index < -0.39 is 17.9 Å². The van der Waals surface area contributed by atoms with E-state index in [0.717, 1.165) is 25.7 Å². The summed E-state index contributed by atoms with van der Waals surface area (Å²) in [5.41, 5.74) is 6.08. The quantitative estimate of drug-likeness (QED) is 0.489. The third-order valence-corrected chi connectivity index (χ3v) is 4.99. The van der Waals surface area contributed by atoms with Gasteiger partial charge in [-0.15, -0.1) is 0 Å². The number of nitrogens with two attached hydrogens (primary N) is 1. The fourth-order valence-corrected chi connectivity index (χ4v) is 3.53. The van der Waals surface area contributed by atoms with E-state index in [2.05, 4.69) is 25.8 Å². The van der Waals surface area contributed by atoms with Crippen LogP contribution in [0.3, 0.4) is 0 Å². The molecule has 0 bridgehead atoms. The zero-order chi connectivity index (χ0) is 20.5. The Morgan fingerprint density at radius 2 is 2.10 bits per heavy atom. The predicted octanol–water partition coefficient (Wildman–Crippen LogP) is 0.529. The molecule has 11 heteroatoms. The van der Waals surface area contributed by atoms with Gasteiger partial charge in [0.1, 0.15) is 11.4 Å². The van der Waals surface area contributed by atoms with Crippen molar-refractivity contribution in [2.75, 3.05) is 10.6 Å². The highest BCUT2D eigenvalue weighted by Gasteiger charge is 2.24. The maximum atomic E-state index is 12.8. The van der Waals surface area contributed by atoms with Crippen LogP contribution in [0.4, 0.5) is 11.5 Å². The number of anilines is 2. The Bertz CT molecular complexity index is 1070. The van der Waals surface area contributed by atoms with Crippen LogP contribution in [0.15, 0.2) is 24.7 Å². The SMILES string of the molecule is Cn1cc(NC(=O)c2cnn3ccc(NC4CCCCC4O)nc23)c(C(N)=O)n1. The zero-order valence-corrected chi connectivity index (χ0v) is 15.9. The van der Waals surface area contributed by atoms with Crippen LogP contribution in [0.2, 0.25) is 0 Å². The normalized spacial score (nSPS) is 19.2. The van der Waals surface area contributed by atoms with Crippen molar-refractivity contribution < 1.29 is 14.7 Å². The van der Waals surface area contributed by atoms with Gasteiger partial charge in [-0.05, 0) is 18.9 Å². The Labute approximate surface area is 165 Å². The highest BCUT2D eigenvalue weighted by molar-refractivity contribution is 6.10. The zero-order valence-electron chi connectivity index (χ0n) is 15.9. The van der Waals surface area contributed by atoms with Crippen LogP contribution >= 0.6 is 0 Å². The highest BCUT2D eigenvalue weighted by atomic mass is 16.3. The number of nitrogens with one attached hydrogen (secondary N) is 2. The van der Waals surface area contributed by atoms with Crippen LogP contribution in [0, 0.1) is 0 Å². The van der Waals surface area contributed by atoms with Gasteiger partial charge < -0.3 is 21.5 Å². The number of aliphatic hydroxyl groups is 1. The molecule has 0 aromatic carbocycles. The molecule has 0 spiro atoms. The number of fused-ring (bicyclic) bond motifs is 1. The number of aryl methyl sites for hydroxylation is 1. The number of amides is 2. The molecule has 152 valence electrons. The Morgan fingerprint density at radius 3 is 2.86 bits per heavy atom. The van der Waals surface area contributed by atoms with Crippen molar-refractivity contribution in [3.8, 4) is 0 Å². The van der Waals surface area contributed by atoms with Gasteiger partial charge >= 0.3 is 0 Å². The molecule has 11 nitrogen and oxygen atoms in total. The summed E-state index contributed by atoms with van der Waals surface area (Å²) in [5, 5.41) is 24.2. The van der Waals surface area contributed by atoms with E-state index in [1.807, 2.05) is 0 Å². The number of nitrogens with zero attached hydrogens (tertiary/aromatic N) is 5. The maximum absolute atomic E-state index is 12.8. The van der Waals surface area contributed by atoms with Crippen molar-refractivity contribution in [3.05, 3.63) is 35.9 Å². The second-order valence-electron chi connectivity index (χ2n) is 7.13. The molecule has 0 saturated heterocycles. The summed E-state index contributed by atoms with van der Waals surface area (Å²) in [6.07, 6.45) is 7.84. The maximum Gasteiger partial charge on any atom is 0.271 e. The summed E-state index contributed by atoms with van der Waals surface area (Å²) in [7, 11) is 1.62. The first-order valence-electron chi connectivity index (χ1n) is 9.36. The van der Waals surface area contributed by atoms with Crippen molar-refractivity contribution in [1.82, 2.24) is 24.4 Å². The summed E-state index contributed by atoms with van der Waals surface area (Å²) < 4.78 is 2.87. The first-order valence-corrected chi connectivity index (χ1v) is 9.36. The number of aromatic nitrogens is 5. The second kappa shape index (κ2) is 7.51. The molecule has 1 aliphatic carbocycles. The molecule has 5 N–H and O–H groups in total. The van der Waals surface area contributed by atoms with E-state index in [9.17, 15) is 14.7 Å². The molecular weight excluding hydrogens is 376 g/mol. The molecule has 0 radical (unpaired) electrons. The molecular formula is C18H22N8O3. The van der Waals surface area contributed by atoms with Gasteiger partial charge in [-0.25, -0.2) is 9.50 Å². The van der Waals surface area contributed by atoms with Crippen LogP contribution in [-0.4, -0.2) is 53.4 Å². The van der Waals surface area contributed by atoms with Gasteiger partial charge in [0.25, 0.3) is 11.8 Å². The molecule has 1 fully saturated rings. The minimum absolute atomic E-state index is 0.0288. The molecule has 2 atom stereocenters. The fraction of sp³-hybridized carbons (Fsp3) is 0.389. The number of carbonyl (C=O) groups excluding carboxylic acids is 2. The first-order chi connectivity index (χ1) is 13.9. The van der Waals surface area contributed by atoms with Gasteiger partial charge in [-0.2, -0.15) is 10.2 Å². The van der Waals surface area contributed by atoms with Crippen LogP contribution in [0.5, 0.6) is 0 Å². The van der Waals surface area contributed by atoms with E-state index in [0.29, 0.717) is 11.5 Å². The van der Waals surface area contributed by atoms with Crippen LogP contribution in [-0.2, 0) is 7.05 Å². The summed E-state index contributed by atoms with van der Waals surface area (Å²) in [6.45, 7) is 0. The third-order valence-electron chi connectivity index (χ3n) is 4.99. The average molecular weight is 398 g/mol. The summed E-state index contributed by atoms with van der Waals surface area (Å²) in [6, 6.07) is 1.67. The highest BCUT2D eigenvalue weighted by Crippen LogP contribution is 2.22. The lowest BCUT2D eigenvalue weighted by molar-refractivity contribution is 0.0995. The topological polar surface area (TPSA) is 152 Å². The lowest BCUT2D eigenvalue weighted by Gasteiger charge is -2.28. The van der Waals surface area contributed by atoms with Gasteiger partial charge in [0, 0.05) is 19.4 Å². The minimum Gasteiger partial charge on any atom is -0.391 e. The number of primary amides is 1. The molecule has 1 saturated carbocycles. The average Bonchev–Trinajstić information content (AvgIpc) is 3.26. The lowest BCUT2D eigenvalue weighted by Crippen LogP contribution is -2.36. The largest absolute Gasteiger partial charge is 0.391 e. The minimum atomic E-state index is -0.739. The molecule has 29 heavy (non-hydrogen) atoms. The van der Waals surface area contributed by atoms with Gasteiger partial charge in [0.05, 0.1) is 24.0 Å². The number of rotatable bonds is 5. The van der Waals surface area contributed by atoms with Gasteiger partial charge in [-0.1, -0.05) is 12.8 Å². The standard InChI is InChI=1S/C18H22N8O3/c1-25-9-12(15(24-25)16(19)28)22-18(29)10-8-20-26-7-6-14(23-17(10)26)21-11-4-2-3-5-13(11)27/h6-9,11,13,27H,2-5H2,1H3,(H2,19,28)(H,21,23)(H,22,29). The van der Waals surface area contributed by atoms with E-state index in [1.165, 1.54) is 21.6 Å². The summed E-state index contributed by atoms with van der Waals surface area (Å²) >= 11 is 0. The molecule has 2 unspecified atom stereocenters. The molecule has 3 aromatic heterocycles. The Hall–Kier alpha value is -3.47. The van der Waals surface area contributed by atoms with E-state index >= 15 is 0 Å². The predicted molar refractivity (Wildman–Crippen MR) is 105 cm³/mol. The molecule has 4 rings (SSSR count). The number of hydrogen-bond donors (Lipinski definition) is 4. The summed E-state index contributed by atoms with van der Waals surface area (Å²) in [5.74, 6) is -0.675. The fourth-order valence-electron chi connectivity index (χ4n) is 3.53. The van der Waals surface area contributed by atoms with Crippen LogP contribution in [0.25, 0.3) is 5.65 Å². The number of hydrogen-bond acceptors (Lipinski definition) is 7. The van der Waals surface area contributed by atoms with Crippen molar-refractivity contribution in [1.29, 1.82) is 0 Å². The van der Waals surface area contributed by atoms with Gasteiger partial charge in [-0.3, -0.25) is 14.3 Å². The summed E-state index contributed by atoms with van der Waals surface area (Å²) in [4.78, 5) is 28.8. The van der Waals surface area contributed by atoms with Crippen molar-refractivity contribution in [2.24, 2.45) is 12.8 Å². The molecule has 1 aliphatic rings. The molecule has 3 aromatic rings. The van der Waals surface area contributed by atoms with Gasteiger partial charge in [0.2, 0.25) is 0 Å². The first kappa shape index (κ1) is 18.9. The third kappa shape index (κ3) is 3.76. The molecule has 0 aliphatic heterocycles. The Kier molecular flexibility index (Phi) is 4.89. The number of aliphatic hydroxyl groups excluding tert-OH is 1. The second-order valence-corrected chi connectivity index (χ2v) is 7.13. The molecule has 2 amide bonds. The van der Waals surface area contributed by atoms with Crippen molar-refractivity contribution >= 4 is 29.0 Å². The van der Waals surface area contributed by atoms with Crippen LogP contribution < -0.4 is 16.4 Å². The van der Waals surface area contributed by atoms with E-state index in [-0.39, 0.29) is 23.0 Å². The van der Waals surface area contributed by atoms with Crippen LogP contribution in [0.1, 0.15) is 46.5 Å². The van der Waals surface area contributed by atoms with E-state index in [1.54, 1.807) is 19.3 Å². The van der Waals surface area contributed by atoms with Crippen molar-refractivity contribution in [2.45, 2.75) is 37.8 Å². The molecule has 3 heterocycles. The Balaban J connectivity index is 1.59. The van der Waals surface area contributed by atoms with E-state index in [4.69, 9.17) is 5.73 Å². The number of carbonyl (C=O) groups is 2. The monoisotopic (exact) mass is 398 g/mol. The van der Waals surface area contributed by atoms with Crippen molar-refractivity contribution in [3.63, 3.8) is 0 Å². The Morgan fingerprint density at radius 1 is 1.31 bits per heavy atom. The van der Waals surface area contributed by atoms with Gasteiger partial charge in [0.15, 0.2) is 11.3 Å². The lowest BCUT2D eigenvalue weighted by atomic mass is 9.93.